The Morgan fingerprint density at radius 1 is 1.13 bits per heavy atom. The predicted octanol–water partition coefficient (Wildman–Crippen LogP) is 3.24. The smallest absolute Gasteiger partial charge is 0.248 e. The van der Waals surface area contributed by atoms with Crippen molar-refractivity contribution < 1.29 is 9.59 Å². The van der Waals surface area contributed by atoms with E-state index in [2.05, 4.69) is 5.32 Å². The summed E-state index contributed by atoms with van der Waals surface area (Å²) >= 11 is 7.43. The molecule has 0 saturated carbocycles. The van der Waals surface area contributed by atoms with Crippen molar-refractivity contribution in [1.29, 1.82) is 0 Å². The molecule has 0 heterocycles. The maximum Gasteiger partial charge on any atom is 0.248 e. The Bertz CT molecular complexity index is 689. The van der Waals surface area contributed by atoms with Gasteiger partial charge in [-0.15, -0.1) is 11.8 Å². The second kappa shape index (κ2) is 8.60. The highest BCUT2D eigenvalue weighted by Gasteiger charge is 2.04. The van der Waals surface area contributed by atoms with Gasteiger partial charge in [0.15, 0.2) is 0 Å². The summed E-state index contributed by atoms with van der Waals surface area (Å²) in [6.07, 6.45) is 0.419. The first kappa shape index (κ1) is 17.4. The van der Waals surface area contributed by atoms with Gasteiger partial charge in [-0.1, -0.05) is 23.7 Å². The van der Waals surface area contributed by atoms with Gasteiger partial charge >= 0.3 is 0 Å². The number of amides is 2. The topological polar surface area (TPSA) is 72.2 Å². The summed E-state index contributed by atoms with van der Waals surface area (Å²) in [4.78, 5) is 24.0. The van der Waals surface area contributed by atoms with E-state index in [1.165, 1.54) is 0 Å². The molecule has 0 aliphatic carbocycles. The molecule has 4 nitrogen and oxygen atoms in total. The zero-order valence-electron chi connectivity index (χ0n) is 12.4. The van der Waals surface area contributed by atoms with Gasteiger partial charge < -0.3 is 11.1 Å². The van der Waals surface area contributed by atoms with Crippen LogP contribution in [-0.4, -0.2) is 17.6 Å². The number of carbonyl (C=O) groups excluding carboxylic acids is 2. The SMILES string of the molecule is NC(=O)c1cccc(CNC(=O)CCSc2ccc(Cl)cc2)c1. The normalized spacial score (nSPS) is 10.3. The Balaban J connectivity index is 1.73. The van der Waals surface area contributed by atoms with Crippen molar-refractivity contribution in [2.45, 2.75) is 17.9 Å². The van der Waals surface area contributed by atoms with Crippen molar-refractivity contribution in [2.24, 2.45) is 5.73 Å². The van der Waals surface area contributed by atoms with Crippen LogP contribution >= 0.6 is 23.4 Å². The lowest BCUT2D eigenvalue weighted by atomic mass is 10.1. The van der Waals surface area contributed by atoms with Crippen LogP contribution in [0.5, 0.6) is 0 Å². The number of nitrogens with one attached hydrogen (secondary N) is 1. The molecule has 2 aromatic carbocycles. The average molecular weight is 349 g/mol. The molecular formula is C17H17ClN2O2S. The van der Waals surface area contributed by atoms with Crippen molar-refractivity contribution in [2.75, 3.05) is 5.75 Å². The van der Waals surface area contributed by atoms with Gasteiger partial charge in [-0.3, -0.25) is 9.59 Å². The van der Waals surface area contributed by atoms with Gasteiger partial charge in [0.2, 0.25) is 11.8 Å². The Kier molecular flexibility index (Phi) is 6.50. The maximum atomic E-state index is 11.8. The Morgan fingerprint density at radius 3 is 2.57 bits per heavy atom. The molecule has 2 rings (SSSR count). The molecule has 2 amide bonds. The van der Waals surface area contributed by atoms with E-state index in [0.717, 1.165) is 10.5 Å². The Morgan fingerprint density at radius 2 is 1.87 bits per heavy atom. The summed E-state index contributed by atoms with van der Waals surface area (Å²) in [5.41, 5.74) is 6.52. The number of primary amides is 1. The minimum Gasteiger partial charge on any atom is -0.366 e. The highest BCUT2D eigenvalue weighted by Crippen LogP contribution is 2.20. The first-order valence-electron chi connectivity index (χ1n) is 7.08. The van der Waals surface area contributed by atoms with E-state index in [1.54, 1.807) is 30.0 Å². The summed E-state index contributed by atoms with van der Waals surface area (Å²) in [6.45, 7) is 0.381. The molecule has 0 aromatic heterocycles. The lowest BCUT2D eigenvalue weighted by Crippen LogP contribution is -2.23. The second-order valence-corrected chi connectivity index (χ2v) is 6.50. The molecule has 0 unspecified atom stereocenters. The van der Waals surface area contributed by atoms with Crippen LogP contribution < -0.4 is 11.1 Å². The summed E-state index contributed by atoms with van der Waals surface area (Å²) in [5, 5.41) is 3.53. The lowest BCUT2D eigenvalue weighted by molar-refractivity contribution is -0.120. The summed E-state index contributed by atoms with van der Waals surface area (Å²) in [7, 11) is 0. The molecule has 3 N–H and O–H groups in total. The molecule has 0 aliphatic heterocycles. The van der Waals surface area contributed by atoms with Crippen molar-refractivity contribution in [1.82, 2.24) is 5.32 Å². The first-order valence-corrected chi connectivity index (χ1v) is 8.45. The van der Waals surface area contributed by atoms with Crippen LogP contribution in [0.1, 0.15) is 22.3 Å². The number of carbonyl (C=O) groups is 2. The van der Waals surface area contributed by atoms with Crippen LogP contribution in [0.2, 0.25) is 5.02 Å². The van der Waals surface area contributed by atoms with Crippen molar-refractivity contribution in [3.63, 3.8) is 0 Å². The van der Waals surface area contributed by atoms with E-state index in [9.17, 15) is 9.59 Å². The molecule has 2 aromatic rings. The van der Waals surface area contributed by atoms with Gasteiger partial charge in [-0.05, 0) is 42.0 Å². The lowest BCUT2D eigenvalue weighted by Gasteiger charge is -2.06. The quantitative estimate of drug-likeness (QED) is 0.754. The third-order valence-corrected chi connectivity index (χ3v) is 4.38. The maximum absolute atomic E-state index is 11.8. The van der Waals surface area contributed by atoms with E-state index >= 15 is 0 Å². The fourth-order valence-corrected chi connectivity index (χ4v) is 2.89. The average Bonchev–Trinajstić information content (AvgIpc) is 2.55. The third-order valence-electron chi connectivity index (χ3n) is 3.11. The van der Waals surface area contributed by atoms with Crippen molar-refractivity contribution in [3.8, 4) is 0 Å². The number of halogens is 1. The molecule has 0 atom stereocenters. The van der Waals surface area contributed by atoms with Crippen molar-refractivity contribution >= 4 is 35.2 Å². The fourth-order valence-electron chi connectivity index (χ4n) is 1.92. The summed E-state index contributed by atoms with van der Waals surface area (Å²) in [5.74, 6) is 0.183. The largest absolute Gasteiger partial charge is 0.366 e. The highest BCUT2D eigenvalue weighted by atomic mass is 35.5. The molecule has 23 heavy (non-hydrogen) atoms. The Labute approximate surface area is 144 Å². The van der Waals surface area contributed by atoms with E-state index in [0.29, 0.717) is 29.3 Å². The molecule has 0 aliphatic rings. The molecule has 0 fully saturated rings. The van der Waals surface area contributed by atoms with E-state index in [4.69, 9.17) is 17.3 Å². The van der Waals surface area contributed by atoms with E-state index in [1.807, 2.05) is 30.3 Å². The van der Waals surface area contributed by atoms with Gasteiger partial charge in [0.05, 0.1) is 0 Å². The van der Waals surface area contributed by atoms with Crippen LogP contribution in [-0.2, 0) is 11.3 Å². The molecule has 120 valence electrons. The molecular weight excluding hydrogens is 332 g/mol. The first-order chi connectivity index (χ1) is 11.0. The number of benzene rings is 2. The predicted molar refractivity (Wildman–Crippen MR) is 93.6 cm³/mol. The number of nitrogens with two attached hydrogens (primary N) is 1. The number of rotatable bonds is 7. The molecule has 6 heteroatoms. The summed E-state index contributed by atoms with van der Waals surface area (Å²) < 4.78 is 0. The van der Waals surface area contributed by atoms with Gasteiger partial charge in [0.1, 0.15) is 0 Å². The van der Waals surface area contributed by atoms with Gasteiger partial charge in [-0.2, -0.15) is 0 Å². The Hall–Kier alpha value is -1.98. The van der Waals surface area contributed by atoms with Crippen molar-refractivity contribution in [3.05, 3.63) is 64.7 Å². The van der Waals surface area contributed by atoms with E-state index in [-0.39, 0.29) is 5.91 Å². The zero-order valence-corrected chi connectivity index (χ0v) is 14.0. The third kappa shape index (κ3) is 5.96. The van der Waals surface area contributed by atoms with Gasteiger partial charge in [0.25, 0.3) is 0 Å². The monoisotopic (exact) mass is 348 g/mol. The molecule has 0 spiro atoms. The highest BCUT2D eigenvalue weighted by molar-refractivity contribution is 7.99. The molecule has 0 radical (unpaired) electrons. The second-order valence-electron chi connectivity index (χ2n) is 4.89. The molecule has 0 bridgehead atoms. The van der Waals surface area contributed by atoms with Crippen LogP contribution in [0, 0.1) is 0 Å². The van der Waals surface area contributed by atoms with Crippen LogP contribution in [0.3, 0.4) is 0 Å². The van der Waals surface area contributed by atoms with Crippen LogP contribution in [0.25, 0.3) is 0 Å². The van der Waals surface area contributed by atoms with Gasteiger partial charge in [-0.25, -0.2) is 0 Å². The number of thioether (sulfide) groups is 1. The number of hydrogen-bond donors (Lipinski definition) is 2. The van der Waals surface area contributed by atoms with Crippen LogP contribution in [0.15, 0.2) is 53.4 Å². The zero-order chi connectivity index (χ0) is 16.7. The van der Waals surface area contributed by atoms with E-state index < -0.39 is 5.91 Å². The number of hydrogen-bond acceptors (Lipinski definition) is 3. The minimum absolute atomic E-state index is 0.0315. The van der Waals surface area contributed by atoms with Gasteiger partial charge in [0, 0.05) is 34.2 Å². The standard InChI is InChI=1S/C17H17ClN2O2S/c18-14-4-6-15(7-5-14)23-9-8-16(21)20-11-12-2-1-3-13(10-12)17(19)22/h1-7,10H,8-9,11H2,(H2,19,22)(H,20,21). The fraction of sp³-hybridized carbons (Fsp3) is 0.176. The summed E-state index contributed by atoms with van der Waals surface area (Å²) in [6, 6.07) is 14.4. The molecule has 0 saturated heterocycles. The minimum atomic E-state index is -0.474. The van der Waals surface area contributed by atoms with Crippen LogP contribution in [0.4, 0.5) is 0 Å².